The summed E-state index contributed by atoms with van der Waals surface area (Å²) in [6, 6.07) is 6.74. The molecule has 11 nitrogen and oxygen atoms in total. The Morgan fingerprint density at radius 1 is 1.00 bits per heavy atom. The van der Waals surface area contributed by atoms with Crippen molar-refractivity contribution in [1.82, 2.24) is 19.7 Å². The van der Waals surface area contributed by atoms with Gasteiger partial charge in [0.2, 0.25) is 0 Å². The third kappa shape index (κ3) is 4.29. The number of non-ortho nitro benzene ring substituents is 1. The second-order valence-electron chi connectivity index (χ2n) is 6.50. The summed E-state index contributed by atoms with van der Waals surface area (Å²) >= 11 is 0. The van der Waals surface area contributed by atoms with Crippen LogP contribution in [0.5, 0.6) is 0 Å². The highest BCUT2D eigenvalue weighted by atomic mass is 16.6. The number of carbonyl (C=O) groups is 2. The molecule has 11 heteroatoms. The van der Waals surface area contributed by atoms with Crippen LogP contribution in [0.3, 0.4) is 0 Å². The third-order valence-electron chi connectivity index (χ3n) is 4.04. The molecular weight excluding hydrogens is 392 g/mol. The molecule has 0 aliphatic carbocycles. The summed E-state index contributed by atoms with van der Waals surface area (Å²) in [5.41, 5.74) is 1.44. The quantitative estimate of drug-likeness (QED) is 0.384. The fraction of sp³-hybridized carbons (Fsp3) is 0.211. The molecule has 0 aliphatic rings. The first-order chi connectivity index (χ1) is 14.2. The molecule has 3 aromatic rings. The van der Waals surface area contributed by atoms with Crippen molar-refractivity contribution >= 4 is 23.4 Å². The minimum Gasteiger partial charge on any atom is -0.465 e. The fourth-order valence-corrected chi connectivity index (χ4v) is 2.81. The number of esters is 1. The van der Waals surface area contributed by atoms with Crippen molar-refractivity contribution < 1.29 is 19.2 Å². The van der Waals surface area contributed by atoms with Gasteiger partial charge in [0.25, 0.3) is 17.5 Å². The van der Waals surface area contributed by atoms with E-state index < -0.39 is 22.5 Å². The predicted molar refractivity (Wildman–Crippen MR) is 106 cm³/mol. The minimum atomic E-state index is -0.794. The molecule has 0 spiro atoms. The topological polar surface area (TPSA) is 142 Å². The first-order valence-electron chi connectivity index (χ1n) is 8.76. The Bertz CT molecular complexity index is 1150. The number of hydrogen-bond donors (Lipinski definition) is 1. The lowest BCUT2D eigenvalue weighted by molar-refractivity contribution is -0.384. The van der Waals surface area contributed by atoms with E-state index in [9.17, 15) is 19.7 Å². The second kappa shape index (κ2) is 8.07. The average molecular weight is 410 g/mol. The summed E-state index contributed by atoms with van der Waals surface area (Å²) in [6.07, 6.45) is 0. The lowest BCUT2D eigenvalue weighted by Crippen LogP contribution is -2.17. The summed E-state index contributed by atoms with van der Waals surface area (Å²) in [6.45, 7) is 5.35. The fourth-order valence-electron chi connectivity index (χ4n) is 2.81. The van der Waals surface area contributed by atoms with Gasteiger partial charge in [-0.25, -0.2) is 14.8 Å². The molecule has 0 radical (unpaired) electrons. The number of hydrogen-bond acceptors (Lipinski definition) is 8. The van der Waals surface area contributed by atoms with E-state index in [0.29, 0.717) is 5.69 Å². The number of nitrogens with zero attached hydrogens (tertiary/aromatic N) is 5. The first kappa shape index (κ1) is 20.6. The first-order valence-corrected chi connectivity index (χ1v) is 8.76. The summed E-state index contributed by atoms with van der Waals surface area (Å²) in [5, 5.41) is 18.1. The lowest BCUT2D eigenvalue weighted by atomic mass is 10.1. The highest BCUT2D eigenvalue weighted by Crippen LogP contribution is 2.21. The van der Waals surface area contributed by atoms with E-state index in [1.165, 1.54) is 10.7 Å². The second-order valence-corrected chi connectivity index (χ2v) is 6.50. The monoisotopic (exact) mass is 410 g/mol. The zero-order valence-corrected chi connectivity index (χ0v) is 16.7. The van der Waals surface area contributed by atoms with E-state index in [0.717, 1.165) is 30.6 Å². The number of rotatable bonds is 5. The van der Waals surface area contributed by atoms with Crippen LogP contribution in [0.4, 0.5) is 11.5 Å². The smallest absolute Gasteiger partial charge is 0.338 e. The number of anilines is 1. The highest BCUT2D eigenvalue weighted by Gasteiger charge is 2.20. The number of aromatic nitrogens is 4. The molecule has 30 heavy (non-hydrogen) atoms. The molecule has 0 bridgehead atoms. The van der Waals surface area contributed by atoms with E-state index in [1.807, 2.05) is 13.8 Å². The van der Waals surface area contributed by atoms with Crippen LogP contribution in [0.1, 0.15) is 37.8 Å². The number of carbonyl (C=O) groups excluding carboxylic acids is 2. The van der Waals surface area contributed by atoms with Gasteiger partial charge in [-0.15, -0.1) is 0 Å². The van der Waals surface area contributed by atoms with Crippen molar-refractivity contribution in [3.63, 3.8) is 0 Å². The Morgan fingerprint density at radius 3 is 2.23 bits per heavy atom. The molecule has 0 unspecified atom stereocenters. The Labute approximate surface area is 170 Å². The normalized spacial score (nSPS) is 10.5. The van der Waals surface area contributed by atoms with Crippen LogP contribution in [0.15, 0.2) is 30.3 Å². The maximum Gasteiger partial charge on any atom is 0.338 e. The lowest BCUT2D eigenvalue weighted by Gasteiger charge is -2.09. The molecule has 0 aliphatic heterocycles. The number of benzene rings is 1. The Hall–Kier alpha value is -4.15. The van der Waals surface area contributed by atoms with Gasteiger partial charge in [0.05, 0.1) is 23.3 Å². The Balaban J connectivity index is 2.00. The standard InChI is InChI=1S/C19H18N6O5/c1-10-5-11(2)21-19(20-10)24-16(6-12(3)23-24)22-17(26)13-7-14(18(27)30-4)9-15(8-13)25(28)29/h5-9H,1-4H3,(H,22,26). The van der Waals surface area contributed by atoms with Crippen LogP contribution in [0, 0.1) is 30.9 Å². The van der Waals surface area contributed by atoms with Crippen LogP contribution < -0.4 is 5.32 Å². The van der Waals surface area contributed by atoms with Crippen LogP contribution in [0.25, 0.3) is 5.95 Å². The molecule has 1 aromatic carbocycles. The van der Waals surface area contributed by atoms with Crippen molar-refractivity contribution in [3.05, 3.63) is 68.7 Å². The van der Waals surface area contributed by atoms with Gasteiger partial charge in [-0.05, 0) is 32.9 Å². The molecule has 1 N–H and O–H groups in total. The van der Waals surface area contributed by atoms with Gasteiger partial charge in [-0.2, -0.15) is 9.78 Å². The van der Waals surface area contributed by atoms with Crippen molar-refractivity contribution in [2.45, 2.75) is 20.8 Å². The summed E-state index contributed by atoms with van der Waals surface area (Å²) < 4.78 is 5.97. The summed E-state index contributed by atoms with van der Waals surface area (Å²) in [4.78, 5) is 43.8. The molecule has 154 valence electrons. The van der Waals surface area contributed by atoms with Crippen molar-refractivity contribution in [1.29, 1.82) is 0 Å². The number of ether oxygens (including phenoxy) is 1. The van der Waals surface area contributed by atoms with Crippen molar-refractivity contribution in [2.75, 3.05) is 12.4 Å². The minimum absolute atomic E-state index is 0.0867. The molecule has 0 saturated heterocycles. The molecule has 2 heterocycles. The summed E-state index contributed by atoms with van der Waals surface area (Å²) in [5.74, 6) is -0.925. The van der Waals surface area contributed by atoms with Gasteiger partial charge in [0, 0.05) is 35.2 Å². The number of amides is 1. The van der Waals surface area contributed by atoms with Crippen LogP contribution in [-0.4, -0.2) is 43.7 Å². The third-order valence-corrected chi connectivity index (χ3v) is 4.04. The number of methoxy groups -OCH3 is 1. The van der Waals surface area contributed by atoms with E-state index in [4.69, 9.17) is 0 Å². The van der Waals surface area contributed by atoms with Gasteiger partial charge in [-0.1, -0.05) is 0 Å². The predicted octanol–water partition coefficient (Wildman–Crippen LogP) is 2.53. The maximum atomic E-state index is 12.8. The Kier molecular flexibility index (Phi) is 5.54. The van der Waals surface area contributed by atoms with E-state index >= 15 is 0 Å². The van der Waals surface area contributed by atoms with Gasteiger partial charge in [-0.3, -0.25) is 14.9 Å². The van der Waals surface area contributed by atoms with Crippen molar-refractivity contribution in [2.24, 2.45) is 0 Å². The van der Waals surface area contributed by atoms with Gasteiger partial charge in [0.15, 0.2) is 0 Å². The van der Waals surface area contributed by atoms with E-state index in [2.05, 4.69) is 25.1 Å². The Morgan fingerprint density at radius 2 is 1.63 bits per heavy atom. The largest absolute Gasteiger partial charge is 0.465 e. The zero-order valence-electron chi connectivity index (χ0n) is 16.7. The molecule has 3 rings (SSSR count). The molecule has 0 fully saturated rings. The SMILES string of the molecule is COC(=O)c1cc(C(=O)Nc2cc(C)nn2-c2nc(C)cc(C)n2)cc([N+](=O)[O-])c1. The zero-order chi connectivity index (χ0) is 22.0. The van der Waals surface area contributed by atoms with E-state index in [1.54, 1.807) is 19.1 Å². The van der Waals surface area contributed by atoms with Gasteiger partial charge >= 0.3 is 5.97 Å². The number of nitrogens with one attached hydrogen (secondary N) is 1. The van der Waals surface area contributed by atoms with Gasteiger partial charge in [0.1, 0.15) is 5.82 Å². The average Bonchev–Trinajstić information content (AvgIpc) is 3.06. The van der Waals surface area contributed by atoms with E-state index in [-0.39, 0.29) is 22.9 Å². The molecular formula is C19H18N6O5. The molecule has 1 amide bonds. The molecule has 0 saturated carbocycles. The van der Waals surface area contributed by atoms with Crippen LogP contribution >= 0.6 is 0 Å². The van der Waals surface area contributed by atoms with Gasteiger partial charge < -0.3 is 10.1 Å². The summed E-state index contributed by atoms with van der Waals surface area (Å²) in [7, 11) is 1.14. The van der Waals surface area contributed by atoms with Crippen LogP contribution in [-0.2, 0) is 4.74 Å². The van der Waals surface area contributed by atoms with Crippen molar-refractivity contribution in [3.8, 4) is 5.95 Å². The number of nitro benzene ring substituents is 1. The highest BCUT2D eigenvalue weighted by molar-refractivity contribution is 6.06. The van der Waals surface area contributed by atoms with Crippen LogP contribution in [0.2, 0.25) is 0 Å². The maximum absolute atomic E-state index is 12.8. The molecule has 2 aromatic heterocycles. The molecule has 0 atom stereocenters. The number of aryl methyl sites for hydroxylation is 3. The number of nitro groups is 1.